The summed E-state index contributed by atoms with van der Waals surface area (Å²) in [6, 6.07) is 11.1. The predicted molar refractivity (Wildman–Crippen MR) is 130 cm³/mol. The van der Waals surface area contributed by atoms with Gasteiger partial charge in [-0.3, -0.25) is 14.5 Å². The summed E-state index contributed by atoms with van der Waals surface area (Å²) in [4.78, 5) is 26.5. The summed E-state index contributed by atoms with van der Waals surface area (Å²) in [5.74, 6) is -1.35. The van der Waals surface area contributed by atoms with Crippen LogP contribution in [0.1, 0.15) is 48.0 Å². The number of aliphatic hydroxyl groups excluding tert-OH is 1. The first-order valence-corrected chi connectivity index (χ1v) is 11.8. The van der Waals surface area contributed by atoms with Gasteiger partial charge in [-0.25, -0.2) is 0 Å². The first-order chi connectivity index (χ1) is 17.3. The second-order valence-electron chi connectivity index (χ2n) is 8.04. The highest BCUT2D eigenvalue weighted by atomic mass is 35.5. The van der Waals surface area contributed by atoms with Crippen LogP contribution in [0.5, 0.6) is 11.5 Å². The zero-order valence-corrected chi connectivity index (χ0v) is 20.4. The van der Waals surface area contributed by atoms with Crippen LogP contribution in [0.4, 0.5) is 14.5 Å². The van der Waals surface area contributed by atoms with Crippen LogP contribution >= 0.6 is 11.6 Å². The standard InChI is InChI=1S/C26H24ClF2NO6/c1-3-11-35-22-15-7-5-6-8-16(15)23(36-26(28)29)21-20(22)24(32)30(25(21)33)18-10-9-14(12-17(18)27)13-19(31)34-4-2/h5-10,12,24,26,32H,3-4,11,13H2,1-2H3. The van der Waals surface area contributed by atoms with E-state index in [0.717, 1.165) is 4.90 Å². The number of aliphatic hydroxyl groups is 1. The van der Waals surface area contributed by atoms with Crippen LogP contribution in [0, 0.1) is 0 Å². The van der Waals surface area contributed by atoms with E-state index < -0.39 is 24.7 Å². The van der Waals surface area contributed by atoms with Crippen molar-refractivity contribution in [3.8, 4) is 11.5 Å². The molecule has 36 heavy (non-hydrogen) atoms. The van der Waals surface area contributed by atoms with Crippen LogP contribution < -0.4 is 14.4 Å². The summed E-state index contributed by atoms with van der Waals surface area (Å²) in [5.41, 5.74) is 0.473. The average Bonchev–Trinajstić information content (AvgIpc) is 3.09. The summed E-state index contributed by atoms with van der Waals surface area (Å²) in [5, 5.41) is 12.1. The van der Waals surface area contributed by atoms with Gasteiger partial charge >= 0.3 is 12.6 Å². The fourth-order valence-corrected chi connectivity index (χ4v) is 4.55. The number of hydrogen-bond acceptors (Lipinski definition) is 6. The summed E-state index contributed by atoms with van der Waals surface area (Å²) >= 11 is 6.46. The van der Waals surface area contributed by atoms with E-state index in [1.807, 2.05) is 6.92 Å². The number of amides is 1. The first kappa shape index (κ1) is 25.7. The van der Waals surface area contributed by atoms with Gasteiger partial charge in [0.2, 0.25) is 0 Å². The number of rotatable bonds is 9. The number of esters is 1. The Morgan fingerprint density at radius 1 is 1.14 bits per heavy atom. The minimum absolute atomic E-state index is 0.0227. The molecule has 0 aliphatic carbocycles. The molecule has 1 heterocycles. The lowest BCUT2D eigenvalue weighted by molar-refractivity contribution is -0.142. The first-order valence-electron chi connectivity index (χ1n) is 11.4. The van der Waals surface area contributed by atoms with Crippen molar-refractivity contribution in [1.29, 1.82) is 0 Å². The second kappa shape index (κ2) is 10.7. The van der Waals surface area contributed by atoms with E-state index in [0.29, 0.717) is 17.4 Å². The summed E-state index contributed by atoms with van der Waals surface area (Å²) in [6.07, 6.45) is -0.977. The van der Waals surface area contributed by atoms with Gasteiger partial charge in [-0.1, -0.05) is 48.9 Å². The molecule has 4 rings (SSSR count). The Kier molecular flexibility index (Phi) is 7.61. The highest BCUT2D eigenvalue weighted by Gasteiger charge is 2.44. The highest BCUT2D eigenvalue weighted by molar-refractivity contribution is 6.34. The molecule has 0 fully saturated rings. The van der Waals surface area contributed by atoms with Gasteiger partial charge in [-0.15, -0.1) is 0 Å². The van der Waals surface area contributed by atoms with Crippen LogP contribution in [0.25, 0.3) is 10.8 Å². The van der Waals surface area contributed by atoms with Crippen LogP contribution in [0.3, 0.4) is 0 Å². The van der Waals surface area contributed by atoms with E-state index in [4.69, 9.17) is 25.8 Å². The van der Waals surface area contributed by atoms with Gasteiger partial charge in [-0.2, -0.15) is 8.78 Å². The lowest BCUT2D eigenvalue weighted by Crippen LogP contribution is -2.28. The summed E-state index contributed by atoms with van der Waals surface area (Å²) in [7, 11) is 0. The number of alkyl halides is 2. The number of fused-ring (bicyclic) bond motifs is 2. The molecular weight excluding hydrogens is 496 g/mol. The molecule has 7 nitrogen and oxygen atoms in total. The minimum Gasteiger partial charge on any atom is -0.492 e. The summed E-state index contributed by atoms with van der Waals surface area (Å²) < 4.78 is 42.5. The molecule has 1 aliphatic heterocycles. The van der Waals surface area contributed by atoms with E-state index in [2.05, 4.69) is 0 Å². The molecule has 1 aliphatic rings. The van der Waals surface area contributed by atoms with Crippen LogP contribution in [0.2, 0.25) is 5.02 Å². The van der Waals surface area contributed by atoms with E-state index in [-0.39, 0.29) is 58.4 Å². The van der Waals surface area contributed by atoms with E-state index in [9.17, 15) is 23.5 Å². The maximum atomic E-state index is 13.6. The fraction of sp³-hybridized carbons (Fsp3) is 0.308. The van der Waals surface area contributed by atoms with Gasteiger partial charge < -0.3 is 19.3 Å². The molecule has 0 saturated heterocycles. The van der Waals surface area contributed by atoms with Gasteiger partial charge in [0.15, 0.2) is 6.23 Å². The third-order valence-corrected chi connectivity index (χ3v) is 5.98. The third kappa shape index (κ3) is 4.68. The number of carbonyl (C=O) groups is 2. The molecule has 1 unspecified atom stereocenters. The molecule has 1 atom stereocenters. The lowest BCUT2D eigenvalue weighted by Gasteiger charge is -2.23. The minimum atomic E-state index is -3.20. The zero-order chi connectivity index (χ0) is 26.0. The van der Waals surface area contributed by atoms with Crippen LogP contribution in [-0.2, 0) is 16.0 Å². The molecule has 0 saturated carbocycles. The number of halogens is 3. The molecule has 0 spiro atoms. The molecule has 0 radical (unpaired) electrons. The Morgan fingerprint density at radius 3 is 2.44 bits per heavy atom. The molecule has 3 aromatic carbocycles. The van der Waals surface area contributed by atoms with Crippen LogP contribution in [0.15, 0.2) is 42.5 Å². The van der Waals surface area contributed by atoms with E-state index >= 15 is 0 Å². The smallest absolute Gasteiger partial charge is 0.387 e. The largest absolute Gasteiger partial charge is 0.492 e. The lowest BCUT2D eigenvalue weighted by atomic mass is 9.98. The van der Waals surface area contributed by atoms with Gasteiger partial charge in [-0.05, 0) is 31.0 Å². The molecular formula is C26H24ClF2NO6. The van der Waals surface area contributed by atoms with Gasteiger partial charge in [0, 0.05) is 10.8 Å². The van der Waals surface area contributed by atoms with Crippen molar-refractivity contribution in [3.63, 3.8) is 0 Å². The Morgan fingerprint density at radius 2 is 1.83 bits per heavy atom. The highest BCUT2D eigenvalue weighted by Crippen LogP contribution is 2.51. The maximum Gasteiger partial charge on any atom is 0.387 e. The molecule has 3 aromatic rings. The average molecular weight is 520 g/mol. The SMILES string of the molecule is CCCOc1c2c(c(OC(F)F)c3ccccc13)C(=O)N(c1ccc(CC(=O)OCC)cc1Cl)C2O. The van der Waals surface area contributed by atoms with Crippen molar-refractivity contribution in [2.45, 2.75) is 39.5 Å². The number of hydrogen-bond donors (Lipinski definition) is 1. The number of ether oxygens (including phenoxy) is 3. The number of anilines is 1. The maximum absolute atomic E-state index is 13.6. The zero-order valence-electron chi connectivity index (χ0n) is 19.6. The quantitative estimate of drug-likeness (QED) is 0.368. The fourth-order valence-electron chi connectivity index (χ4n) is 4.26. The molecule has 10 heteroatoms. The van der Waals surface area contributed by atoms with Gasteiger partial charge in [0.05, 0.1) is 41.5 Å². The number of carbonyl (C=O) groups excluding carboxylic acids is 2. The predicted octanol–water partition coefficient (Wildman–Crippen LogP) is 5.64. The second-order valence-corrected chi connectivity index (χ2v) is 8.44. The molecule has 190 valence electrons. The Bertz CT molecular complexity index is 1320. The summed E-state index contributed by atoms with van der Waals surface area (Å²) in [6.45, 7) is 0.888. The van der Waals surface area contributed by atoms with Crippen molar-refractivity contribution >= 4 is 39.9 Å². The van der Waals surface area contributed by atoms with Crippen molar-refractivity contribution in [2.75, 3.05) is 18.1 Å². The monoisotopic (exact) mass is 519 g/mol. The van der Waals surface area contributed by atoms with Crippen molar-refractivity contribution in [1.82, 2.24) is 0 Å². The van der Waals surface area contributed by atoms with Crippen molar-refractivity contribution in [2.24, 2.45) is 0 Å². The Hall–Kier alpha value is -3.43. The Balaban J connectivity index is 1.85. The molecule has 1 amide bonds. The van der Waals surface area contributed by atoms with Gasteiger partial charge in [0.25, 0.3) is 5.91 Å². The van der Waals surface area contributed by atoms with Crippen molar-refractivity contribution in [3.05, 3.63) is 64.2 Å². The van der Waals surface area contributed by atoms with E-state index in [1.165, 1.54) is 12.1 Å². The molecule has 1 N–H and O–H groups in total. The molecule has 0 aromatic heterocycles. The Labute approximate surface area is 211 Å². The number of nitrogens with zero attached hydrogens (tertiary/aromatic N) is 1. The normalized spacial score (nSPS) is 14.9. The third-order valence-electron chi connectivity index (χ3n) is 5.68. The van der Waals surface area contributed by atoms with Gasteiger partial charge in [0.1, 0.15) is 11.5 Å². The molecule has 0 bridgehead atoms. The number of benzene rings is 3. The van der Waals surface area contributed by atoms with E-state index in [1.54, 1.807) is 37.3 Å². The van der Waals surface area contributed by atoms with Crippen molar-refractivity contribution < 1.29 is 37.7 Å². The topological polar surface area (TPSA) is 85.3 Å². The van der Waals surface area contributed by atoms with Crippen LogP contribution in [-0.4, -0.2) is 36.8 Å².